The highest BCUT2D eigenvalue weighted by atomic mass is 16.5. The van der Waals surface area contributed by atoms with Gasteiger partial charge in [0.2, 0.25) is 0 Å². The van der Waals surface area contributed by atoms with Crippen molar-refractivity contribution in [1.29, 1.82) is 0 Å². The molecule has 158 valence electrons. The Kier molecular flexibility index (Phi) is 4.77. The number of aryl methyl sites for hydroxylation is 1. The highest BCUT2D eigenvalue weighted by molar-refractivity contribution is 6.46. The van der Waals surface area contributed by atoms with Crippen LogP contribution >= 0.6 is 0 Å². The molecule has 2 aliphatic heterocycles. The third-order valence-corrected chi connectivity index (χ3v) is 6.10. The van der Waals surface area contributed by atoms with Crippen molar-refractivity contribution in [1.82, 2.24) is 9.88 Å². The number of aromatic amines is 1. The summed E-state index contributed by atoms with van der Waals surface area (Å²) < 4.78 is 5.67. The van der Waals surface area contributed by atoms with Crippen LogP contribution in [0.25, 0.3) is 16.7 Å². The van der Waals surface area contributed by atoms with Crippen molar-refractivity contribution in [2.45, 2.75) is 32.2 Å². The van der Waals surface area contributed by atoms with Gasteiger partial charge in [-0.15, -0.1) is 0 Å². The summed E-state index contributed by atoms with van der Waals surface area (Å²) in [5.74, 6) is -0.543. The standard InChI is InChI=1S/C25H24N2O4/c1-2-11-27-22(18-14-26-19-8-4-3-7-17(18)19)21(24(29)25(27)30)23(28)16-9-10-20-15(13-16)6-5-12-31-20/h3-4,7-10,13-14,22,26,28H,2,5-6,11-12H2,1H3/b23-21+. The number of rotatable bonds is 4. The number of ketones is 1. The van der Waals surface area contributed by atoms with Gasteiger partial charge in [-0.05, 0) is 49.1 Å². The zero-order chi connectivity index (χ0) is 21.5. The zero-order valence-corrected chi connectivity index (χ0v) is 17.4. The minimum absolute atomic E-state index is 0.138. The van der Waals surface area contributed by atoms with E-state index in [9.17, 15) is 14.7 Å². The summed E-state index contributed by atoms with van der Waals surface area (Å²) in [6.07, 6.45) is 4.31. The van der Waals surface area contributed by atoms with E-state index >= 15 is 0 Å². The number of aliphatic hydroxyl groups is 1. The average Bonchev–Trinajstić information content (AvgIpc) is 3.33. The Morgan fingerprint density at radius 3 is 2.90 bits per heavy atom. The van der Waals surface area contributed by atoms with Crippen molar-refractivity contribution in [3.05, 3.63) is 70.9 Å². The number of nitrogens with one attached hydrogen (secondary N) is 1. The Morgan fingerprint density at radius 2 is 2.06 bits per heavy atom. The largest absolute Gasteiger partial charge is 0.507 e. The first kappa shape index (κ1) is 19.4. The molecule has 0 saturated carbocycles. The van der Waals surface area contributed by atoms with E-state index in [-0.39, 0.29) is 11.3 Å². The number of carbonyl (C=O) groups excluding carboxylic acids is 2. The highest BCUT2D eigenvalue weighted by Gasteiger charge is 2.46. The Labute approximate surface area is 180 Å². The quantitative estimate of drug-likeness (QED) is 0.377. The Morgan fingerprint density at radius 1 is 1.23 bits per heavy atom. The van der Waals surface area contributed by atoms with E-state index in [2.05, 4.69) is 4.98 Å². The Bertz CT molecular complexity index is 1220. The molecular weight excluding hydrogens is 392 g/mol. The first-order valence-corrected chi connectivity index (χ1v) is 10.7. The highest BCUT2D eigenvalue weighted by Crippen LogP contribution is 2.42. The van der Waals surface area contributed by atoms with Crippen LogP contribution < -0.4 is 4.74 Å². The Balaban J connectivity index is 1.69. The maximum atomic E-state index is 13.1. The number of aromatic nitrogens is 1. The van der Waals surface area contributed by atoms with Crippen LogP contribution in [0.2, 0.25) is 0 Å². The van der Waals surface area contributed by atoms with Crippen LogP contribution in [0, 0.1) is 0 Å². The minimum Gasteiger partial charge on any atom is -0.507 e. The van der Waals surface area contributed by atoms with E-state index in [0.29, 0.717) is 25.1 Å². The number of amides is 1. The summed E-state index contributed by atoms with van der Waals surface area (Å²) in [6.45, 7) is 3.08. The smallest absolute Gasteiger partial charge is 0.295 e. The number of likely N-dealkylation sites (tertiary alicyclic amines) is 1. The fourth-order valence-electron chi connectivity index (χ4n) is 4.66. The molecule has 2 aliphatic rings. The maximum Gasteiger partial charge on any atom is 0.295 e. The minimum atomic E-state index is -0.643. The summed E-state index contributed by atoms with van der Waals surface area (Å²) in [7, 11) is 0. The lowest BCUT2D eigenvalue weighted by Crippen LogP contribution is -2.30. The first-order chi connectivity index (χ1) is 15.1. The molecule has 0 radical (unpaired) electrons. The fourth-order valence-corrected chi connectivity index (χ4v) is 4.66. The molecule has 1 amide bonds. The monoisotopic (exact) mass is 416 g/mol. The van der Waals surface area contributed by atoms with Gasteiger partial charge in [0.15, 0.2) is 0 Å². The molecule has 1 saturated heterocycles. The molecule has 1 fully saturated rings. The van der Waals surface area contributed by atoms with E-state index in [4.69, 9.17) is 4.74 Å². The normalized spacial score (nSPS) is 20.2. The van der Waals surface area contributed by atoms with Gasteiger partial charge in [0.25, 0.3) is 11.7 Å². The van der Waals surface area contributed by atoms with Gasteiger partial charge in [0.05, 0.1) is 18.2 Å². The number of hydrogen-bond donors (Lipinski definition) is 2. The van der Waals surface area contributed by atoms with Crippen molar-refractivity contribution < 1.29 is 19.4 Å². The van der Waals surface area contributed by atoms with Crippen LogP contribution in [0.15, 0.2) is 54.2 Å². The third-order valence-electron chi connectivity index (χ3n) is 6.10. The number of ether oxygens (including phenoxy) is 1. The molecule has 3 heterocycles. The molecule has 0 spiro atoms. The van der Waals surface area contributed by atoms with E-state index in [1.54, 1.807) is 11.0 Å². The van der Waals surface area contributed by atoms with Crippen molar-refractivity contribution in [3.8, 4) is 5.75 Å². The van der Waals surface area contributed by atoms with Gasteiger partial charge < -0.3 is 19.7 Å². The summed E-state index contributed by atoms with van der Waals surface area (Å²) in [5.41, 5.74) is 3.40. The van der Waals surface area contributed by atoms with Crippen molar-refractivity contribution in [2.75, 3.05) is 13.2 Å². The van der Waals surface area contributed by atoms with Gasteiger partial charge in [-0.25, -0.2) is 0 Å². The number of H-pyrrole nitrogens is 1. The van der Waals surface area contributed by atoms with Crippen LogP contribution in [-0.4, -0.2) is 39.8 Å². The lowest BCUT2D eigenvalue weighted by atomic mass is 9.93. The van der Waals surface area contributed by atoms with Gasteiger partial charge >= 0.3 is 0 Å². The molecule has 6 nitrogen and oxygen atoms in total. The molecule has 1 unspecified atom stereocenters. The van der Waals surface area contributed by atoms with E-state index < -0.39 is 17.7 Å². The molecule has 2 aromatic carbocycles. The number of Topliss-reactive ketones (excluding diaryl/α,β-unsaturated/α-hetero) is 1. The summed E-state index contributed by atoms with van der Waals surface area (Å²) >= 11 is 0. The fraction of sp³-hybridized carbons (Fsp3) is 0.280. The Hall–Kier alpha value is -3.54. The molecule has 0 aliphatic carbocycles. The lowest BCUT2D eigenvalue weighted by Gasteiger charge is -2.24. The van der Waals surface area contributed by atoms with E-state index in [1.165, 1.54) is 0 Å². The lowest BCUT2D eigenvalue weighted by molar-refractivity contribution is -0.139. The summed E-state index contributed by atoms with van der Waals surface area (Å²) in [6, 6.07) is 12.6. The second kappa shape index (κ2) is 7.61. The van der Waals surface area contributed by atoms with Crippen molar-refractivity contribution in [3.63, 3.8) is 0 Å². The van der Waals surface area contributed by atoms with E-state index in [1.807, 2.05) is 49.5 Å². The second-order valence-corrected chi connectivity index (χ2v) is 8.06. The van der Waals surface area contributed by atoms with Crippen LogP contribution in [0.3, 0.4) is 0 Å². The maximum absolute atomic E-state index is 13.1. The van der Waals surface area contributed by atoms with Crippen LogP contribution in [-0.2, 0) is 16.0 Å². The number of nitrogens with zero attached hydrogens (tertiary/aromatic N) is 1. The molecule has 2 N–H and O–H groups in total. The van der Waals surface area contributed by atoms with Crippen LogP contribution in [0.4, 0.5) is 0 Å². The number of para-hydroxylation sites is 1. The van der Waals surface area contributed by atoms with E-state index in [0.717, 1.165) is 40.6 Å². The molecule has 3 aromatic rings. The number of hydrogen-bond acceptors (Lipinski definition) is 4. The molecule has 0 bridgehead atoms. The van der Waals surface area contributed by atoms with Crippen LogP contribution in [0.5, 0.6) is 5.75 Å². The predicted octanol–water partition coefficient (Wildman–Crippen LogP) is 4.32. The number of aliphatic hydroxyl groups excluding tert-OH is 1. The molecule has 5 rings (SSSR count). The van der Waals surface area contributed by atoms with Gasteiger partial charge in [-0.2, -0.15) is 0 Å². The molecular formula is C25H24N2O4. The molecule has 31 heavy (non-hydrogen) atoms. The number of carbonyl (C=O) groups is 2. The third kappa shape index (κ3) is 3.10. The first-order valence-electron chi connectivity index (χ1n) is 10.7. The topological polar surface area (TPSA) is 82.6 Å². The van der Waals surface area contributed by atoms with Gasteiger partial charge in [-0.1, -0.05) is 25.1 Å². The number of fused-ring (bicyclic) bond motifs is 2. The predicted molar refractivity (Wildman–Crippen MR) is 118 cm³/mol. The molecule has 1 atom stereocenters. The van der Waals surface area contributed by atoms with Crippen molar-refractivity contribution in [2.24, 2.45) is 0 Å². The van der Waals surface area contributed by atoms with Gasteiger partial charge in [-0.3, -0.25) is 9.59 Å². The molecule has 1 aromatic heterocycles. The summed E-state index contributed by atoms with van der Waals surface area (Å²) in [5, 5.41) is 12.2. The SMILES string of the molecule is CCCN1C(=O)C(=O)/C(=C(/O)c2ccc3c(c2)CCCO3)C1c1c[nH]c2ccccc12. The molecule has 6 heteroatoms. The zero-order valence-electron chi connectivity index (χ0n) is 17.4. The van der Waals surface area contributed by atoms with Gasteiger partial charge in [0, 0.05) is 34.8 Å². The number of benzene rings is 2. The second-order valence-electron chi connectivity index (χ2n) is 8.06. The van der Waals surface area contributed by atoms with Crippen molar-refractivity contribution >= 4 is 28.4 Å². The summed E-state index contributed by atoms with van der Waals surface area (Å²) in [4.78, 5) is 30.8. The van der Waals surface area contributed by atoms with Crippen LogP contribution in [0.1, 0.15) is 42.5 Å². The average molecular weight is 416 g/mol. The van der Waals surface area contributed by atoms with Gasteiger partial charge in [0.1, 0.15) is 11.5 Å².